The number of carbonyl (C=O) groups excluding carboxylic acids is 1. The average Bonchev–Trinajstić information content (AvgIpc) is 2.63. The van der Waals surface area contributed by atoms with Crippen molar-refractivity contribution >= 4 is 21.7 Å². The zero-order chi connectivity index (χ0) is 15.3. The van der Waals surface area contributed by atoms with Crippen LogP contribution >= 0.6 is 0 Å². The van der Waals surface area contributed by atoms with Crippen LogP contribution in [0.3, 0.4) is 0 Å². The zero-order valence-corrected chi connectivity index (χ0v) is 12.6. The van der Waals surface area contributed by atoms with Gasteiger partial charge in [-0.3, -0.25) is 14.9 Å². The van der Waals surface area contributed by atoms with E-state index in [1.165, 1.54) is 0 Å². The predicted molar refractivity (Wildman–Crippen MR) is 74.1 cm³/mol. The first kappa shape index (κ1) is 16.9. The van der Waals surface area contributed by atoms with E-state index >= 15 is 0 Å². The quantitative estimate of drug-likeness (QED) is 0.578. The Morgan fingerprint density at radius 3 is 2.45 bits per heavy atom. The molecule has 0 saturated carbocycles. The van der Waals surface area contributed by atoms with Crippen LogP contribution in [-0.4, -0.2) is 55.5 Å². The monoisotopic (exact) mass is 306 g/mol. The fourth-order valence-electron chi connectivity index (χ4n) is 2.15. The number of carboxylic acids is 1. The summed E-state index contributed by atoms with van der Waals surface area (Å²) in [5, 5.41) is 14.3. The Morgan fingerprint density at radius 1 is 1.35 bits per heavy atom. The molecule has 1 fully saturated rings. The van der Waals surface area contributed by atoms with Gasteiger partial charge in [0.05, 0.1) is 18.1 Å². The average molecular weight is 306 g/mol. The first-order valence-electron chi connectivity index (χ1n) is 6.65. The molecular formula is C12H22N2O5S. The Morgan fingerprint density at radius 2 is 2.00 bits per heavy atom. The first-order chi connectivity index (χ1) is 9.19. The molecule has 0 aromatic heterocycles. The van der Waals surface area contributed by atoms with E-state index in [0.29, 0.717) is 12.8 Å². The minimum Gasteiger partial charge on any atom is -0.480 e. The van der Waals surface area contributed by atoms with Gasteiger partial charge in [-0.2, -0.15) is 0 Å². The Balaban J connectivity index is 2.37. The largest absolute Gasteiger partial charge is 0.480 e. The number of amides is 1. The van der Waals surface area contributed by atoms with Crippen LogP contribution in [0.15, 0.2) is 0 Å². The maximum absolute atomic E-state index is 11.7. The van der Waals surface area contributed by atoms with Crippen LogP contribution in [0, 0.1) is 5.92 Å². The Hall–Kier alpha value is -1.15. The van der Waals surface area contributed by atoms with Crippen molar-refractivity contribution in [1.29, 1.82) is 0 Å². The van der Waals surface area contributed by atoms with Crippen molar-refractivity contribution in [2.45, 2.75) is 38.8 Å². The van der Waals surface area contributed by atoms with Crippen molar-refractivity contribution in [3.63, 3.8) is 0 Å². The van der Waals surface area contributed by atoms with Crippen molar-refractivity contribution in [3.05, 3.63) is 0 Å². The summed E-state index contributed by atoms with van der Waals surface area (Å²) in [7, 11) is -3.03. The normalized spacial score (nSPS) is 22.6. The molecule has 0 bridgehead atoms. The fourth-order valence-corrected chi connectivity index (χ4v) is 3.82. The minimum absolute atomic E-state index is 0.0346. The third-order valence-corrected chi connectivity index (χ3v) is 4.88. The van der Waals surface area contributed by atoms with Gasteiger partial charge in [0.2, 0.25) is 5.91 Å². The van der Waals surface area contributed by atoms with Crippen LogP contribution in [0.5, 0.6) is 0 Å². The van der Waals surface area contributed by atoms with E-state index in [1.807, 2.05) is 13.8 Å². The summed E-state index contributed by atoms with van der Waals surface area (Å²) >= 11 is 0. The van der Waals surface area contributed by atoms with E-state index in [9.17, 15) is 18.0 Å². The number of carboxylic acid groups (broad SMARTS) is 1. The van der Waals surface area contributed by atoms with Gasteiger partial charge >= 0.3 is 5.97 Å². The van der Waals surface area contributed by atoms with Crippen LogP contribution < -0.4 is 10.6 Å². The SMILES string of the molecule is CC(C)CC(NCC(=O)NC1CCS(=O)(=O)C1)C(=O)O. The number of nitrogens with one attached hydrogen (secondary N) is 2. The Bertz CT molecular complexity index is 460. The number of rotatable bonds is 7. The highest BCUT2D eigenvalue weighted by Gasteiger charge is 2.29. The van der Waals surface area contributed by atoms with E-state index in [1.54, 1.807) is 0 Å². The van der Waals surface area contributed by atoms with E-state index < -0.39 is 21.8 Å². The highest BCUT2D eigenvalue weighted by molar-refractivity contribution is 7.91. The molecule has 1 rings (SSSR count). The van der Waals surface area contributed by atoms with Crippen LogP contribution in [0.2, 0.25) is 0 Å². The van der Waals surface area contributed by atoms with Gasteiger partial charge in [0.15, 0.2) is 9.84 Å². The van der Waals surface area contributed by atoms with Gasteiger partial charge < -0.3 is 10.4 Å². The molecule has 3 N–H and O–H groups in total. The van der Waals surface area contributed by atoms with E-state index in [4.69, 9.17) is 5.11 Å². The second kappa shape index (κ2) is 7.03. The molecule has 7 nitrogen and oxygen atoms in total. The summed E-state index contributed by atoms with van der Waals surface area (Å²) < 4.78 is 22.5. The van der Waals surface area contributed by atoms with Gasteiger partial charge in [-0.15, -0.1) is 0 Å². The molecule has 1 amide bonds. The molecule has 0 aliphatic carbocycles. The Labute approximate surface area is 119 Å². The summed E-state index contributed by atoms with van der Waals surface area (Å²) in [6.07, 6.45) is 0.850. The summed E-state index contributed by atoms with van der Waals surface area (Å²) in [5.41, 5.74) is 0. The van der Waals surface area contributed by atoms with Crippen LogP contribution in [0.4, 0.5) is 0 Å². The van der Waals surface area contributed by atoms with Gasteiger partial charge in [0.1, 0.15) is 6.04 Å². The lowest BCUT2D eigenvalue weighted by molar-refractivity contribution is -0.140. The third-order valence-electron chi connectivity index (χ3n) is 3.11. The first-order valence-corrected chi connectivity index (χ1v) is 8.47. The molecule has 1 aliphatic rings. The maximum atomic E-state index is 11.7. The van der Waals surface area contributed by atoms with Gasteiger partial charge in [0, 0.05) is 6.04 Å². The molecule has 0 aromatic carbocycles. The third kappa shape index (κ3) is 5.87. The van der Waals surface area contributed by atoms with E-state index in [0.717, 1.165) is 0 Å². The van der Waals surface area contributed by atoms with Crippen molar-refractivity contribution < 1.29 is 23.1 Å². The molecule has 1 heterocycles. The Kier molecular flexibility index (Phi) is 5.94. The van der Waals surface area contributed by atoms with Crippen LogP contribution in [0.1, 0.15) is 26.7 Å². The van der Waals surface area contributed by atoms with Crippen molar-refractivity contribution in [2.24, 2.45) is 5.92 Å². The maximum Gasteiger partial charge on any atom is 0.320 e. The van der Waals surface area contributed by atoms with Crippen molar-refractivity contribution in [3.8, 4) is 0 Å². The second-order valence-corrected chi connectivity index (χ2v) is 7.80. The molecule has 2 atom stereocenters. The molecule has 1 saturated heterocycles. The summed E-state index contributed by atoms with van der Waals surface area (Å²) in [6.45, 7) is 3.68. The fraction of sp³-hybridized carbons (Fsp3) is 0.833. The lowest BCUT2D eigenvalue weighted by atomic mass is 10.0. The molecule has 0 aromatic rings. The number of hydrogen-bond donors (Lipinski definition) is 3. The predicted octanol–water partition coefficient (Wildman–Crippen LogP) is -0.621. The number of aliphatic carboxylic acids is 1. The lowest BCUT2D eigenvalue weighted by Crippen LogP contribution is -2.46. The van der Waals surface area contributed by atoms with Crippen LogP contribution in [-0.2, 0) is 19.4 Å². The molecular weight excluding hydrogens is 284 g/mol. The number of sulfone groups is 1. The molecule has 0 radical (unpaired) electrons. The second-order valence-electron chi connectivity index (χ2n) is 5.57. The highest BCUT2D eigenvalue weighted by atomic mass is 32.2. The van der Waals surface area contributed by atoms with E-state index in [2.05, 4.69) is 10.6 Å². The van der Waals surface area contributed by atoms with Gasteiger partial charge in [-0.1, -0.05) is 13.8 Å². The van der Waals surface area contributed by atoms with E-state index in [-0.39, 0.29) is 35.9 Å². The number of carbonyl (C=O) groups is 2. The molecule has 1 aliphatic heterocycles. The summed E-state index contributed by atoms with van der Waals surface area (Å²) in [4.78, 5) is 22.7. The lowest BCUT2D eigenvalue weighted by Gasteiger charge is -2.17. The molecule has 8 heteroatoms. The number of hydrogen-bond acceptors (Lipinski definition) is 5. The summed E-state index contributed by atoms with van der Waals surface area (Å²) in [5.74, 6) is -1.10. The molecule has 0 spiro atoms. The van der Waals surface area contributed by atoms with Crippen molar-refractivity contribution in [2.75, 3.05) is 18.1 Å². The molecule has 20 heavy (non-hydrogen) atoms. The topological polar surface area (TPSA) is 113 Å². The van der Waals surface area contributed by atoms with Gasteiger partial charge in [0.25, 0.3) is 0 Å². The standard InChI is InChI=1S/C12H22N2O5S/c1-8(2)5-10(12(16)17)13-6-11(15)14-9-3-4-20(18,19)7-9/h8-10,13H,3-7H2,1-2H3,(H,14,15)(H,16,17). The summed E-state index contributed by atoms with van der Waals surface area (Å²) in [6, 6.07) is -1.13. The highest BCUT2D eigenvalue weighted by Crippen LogP contribution is 2.11. The minimum atomic E-state index is -3.03. The van der Waals surface area contributed by atoms with Crippen molar-refractivity contribution in [1.82, 2.24) is 10.6 Å². The van der Waals surface area contributed by atoms with Gasteiger partial charge in [-0.05, 0) is 18.8 Å². The smallest absolute Gasteiger partial charge is 0.320 e. The molecule has 116 valence electrons. The molecule has 2 unspecified atom stereocenters. The van der Waals surface area contributed by atoms with Gasteiger partial charge in [-0.25, -0.2) is 8.42 Å². The zero-order valence-electron chi connectivity index (χ0n) is 11.8. The van der Waals surface area contributed by atoms with Crippen LogP contribution in [0.25, 0.3) is 0 Å².